The predicted molar refractivity (Wildman–Crippen MR) is 95.5 cm³/mol. The first-order valence-corrected chi connectivity index (χ1v) is 8.44. The minimum absolute atomic E-state index is 0.694. The molecule has 1 aromatic heterocycles. The number of nitrogens with zero attached hydrogens (tertiary/aromatic N) is 2. The summed E-state index contributed by atoms with van der Waals surface area (Å²) < 4.78 is 6.18. The van der Waals surface area contributed by atoms with Gasteiger partial charge < -0.3 is 9.73 Å². The fourth-order valence-corrected chi connectivity index (χ4v) is 3.06. The van der Waals surface area contributed by atoms with Crippen LogP contribution in [0.3, 0.4) is 0 Å². The number of hydrogen-bond donors (Lipinski definition) is 1. The molecule has 1 aliphatic rings. The van der Waals surface area contributed by atoms with Crippen LogP contribution in [0, 0.1) is 0 Å². The van der Waals surface area contributed by atoms with Crippen molar-refractivity contribution >= 4 is 0 Å². The van der Waals surface area contributed by atoms with Gasteiger partial charge in [-0.2, -0.15) is 0 Å². The molecule has 4 rings (SSSR count). The lowest BCUT2D eigenvalue weighted by atomic mass is 10.1. The van der Waals surface area contributed by atoms with Gasteiger partial charge in [-0.05, 0) is 12.1 Å². The Morgan fingerprint density at radius 1 is 0.875 bits per heavy atom. The SMILES string of the molecule is c1ccc(-c2nc(-c3ccccc3)c(CN3CCNCC3)o2)cc1. The molecular weight excluding hydrogens is 298 g/mol. The number of hydrogen-bond acceptors (Lipinski definition) is 4. The number of piperazine rings is 1. The lowest BCUT2D eigenvalue weighted by molar-refractivity contribution is 0.217. The van der Waals surface area contributed by atoms with Crippen LogP contribution >= 0.6 is 0 Å². The molecule has 3 aromatic rings. The van der Waals surface area contributed by atoms with Crippen LogP contribution in [0.2, 0.25) is 0 Å². The minimum Gasteiger partial charge on any atom is -0.439 e. The molecule has 1 N–H and O–H groups in total. The lowest BCUT2D eigenvalue weighted by Crippen LogP contribution is -2.42. The second kappa shape index (κ2) is 6.99. The van der Waals surface area contributed by atoms with Crippen LogP contribution in [0.5, 0.6) is 0 Å². The van der Waals surface area contributed by atoms with Crippen molar-refractivity contribution in [2.45, 2.75) is 6.54 Å². The smallest absolute Gasteiger partial charge is 0.226 e. The normalized spacial score (nSPS) is 15.5. The zero-order valence-corrected chi connectivity index (χ0v) is 13.6. The van der Waals surface area contributed by atoms with Crippen molar-refractivity contribution in [1.82, 2.24) is 15.2 Å². The molecule has 1 saturated heterocycles. The molecule has 0 atom stereocenters. The van der Waals surface area contributed by atoms with E-state index in [-0.39, 0.29) is 0 Å². The zero-order valence-electron chi connectivity index (χ0n) is 13.6. The van der Waals surface area contributed by atoms with E-state index in [0.29, 0.717) is 5.89 Å². The maximum Gasteiger partial charge on any atom is 0.226 e. The van der Waals surface area contributed by atoms with Crippen LogP contribution in [0.1, 0.15) is 5.76 Å². The van der Waals surface area contributed by atoms with Gasteiger partial charge in [-0.15, -0.1) is 0 Å². The average Bonchev–Trinajstić information content (AvgIpc) is 3.08. The molecule has 0 spiro atoms. The van der Waals surface area contributed by atoms with E-state index < -0.39 is 0 Å². The standard InChI is InChI=1S/C20H21N3O/c1-3-7-16(8-4-1)19-18(15-23-13-11-21-12-14-23)24-20(22-19)17-9-5-2-6-10-17/h1-10,21H,11-15H2. The van der Waals surface area contributed by atoms with E-state index in [9.17, 15) is 0 Å². The summed E-state index contributed by atoms with van der Waals surface area (Å²) >= 11 is 0. The molecular formula is C20H21N3O. The molecule has 0 unspecified atom stereocenters. The van der Waals surface area contributed by atoms with Gasteiger partial charge in [-0.3, -0.25) is 4.90 Å². The first-order chi connectivity index (χ1) is 11.9. The van der Waals surface area contributed by atoms with E-state index in [1.54, 1.807) is 0 Å². The van der Waals surface area contributed by atoms with Crippen molar-refractivity contribution in [2.75, 3.05) is 26.2 Å². The second-order valence-corrected chi connectivity index (χ2v) is 6.05. The number of benzene rings is 2. The molecule has 4 nitrogen and oxygen atoms in total. The first-order valence-electron chi connectivity index (χ1n) is 8.44. The molecule has 2 aromatic carbocycles. The second-order valence-electron chi connectivity index (χ2n) is 6.05. The van der Waals surface area contributed by atoms with Crippen molar-refractivity contribution in [3.8, 4) is 22.7 Å². The first kappa shape index (κ1) is 15.1. The van der Waals surface area contributed by atoms with E-state index >= 15 is 0 Å². The summed E-state index contributed by atoms with van der Waals surface area (Å²) in [7, 11) is 0. The van der Waals surface area contributed by atoms with E-state index in [1.807, 2.05) is 48.5 Å². The highest BCUT2D eigenvalue weighted by molar-refractivity contribution is 5.65. The van der Waals surface area contributed by atoms with Crippen LogP contribution in [-0.4, -0.2) is 36.1 Å². The summed E-state index contributed by atoms with van der Waals surface area (Å²) in [5.41, 5.74) is 3.07. The quantitative estimate of drug-likeness (QED) is 0.800. The third kappa shape index (κ3) is 3.25. The Balaban J connectivity index is 1.71. The Bertz CT molecular complexity index is 777. The molecule has 1 fully saturated rings. The maximum absolute atomic E-state index is 6.18. The number of rotatable bonds is 4. The van der Waals surface area contributed by atoms with Crippen LogP contribution in [0.15, 0.2) is 65.1 Å². The highest BCUT2D eigenvalue weighted by Gasteiger charge is 2.19. The summed E-state index contributed by atoms with van der Waals surface area (Å²) in [4.78, 5) is 7.22. The summed E-state index contributed by atoms with van der Waals surface area (Å²) in [6.07, 6.45) is 0. The Morgan fingerprint density at radius 3 is 2.17 bits per heavy atom. The van der Waals surface area contributed by atoms with Crippen molar-refractivity contribution in [3.63, 3.8) is 0 Å². The number of aromatic nitrogens is 1. The number of oxazole rings is 1. The highest BCUT2D eigenvalue weighted by Crippen LogP contribution is 2.29. The Kier molecular flexibility index (Phi) is 4.40. The summed E-state index contributed by atoms with van der Waals surface area (Å²) in [6.45, 7) is 4.93. The van der Waals surface area contributed by atoms with Gasteiger partial charge in [0.05, 0.1) is 6.54 Å². The highest BCUT2D eigenvalue weighted by atomic mass is 16.4. The molecule has 0 bridgehead atoms. The largest absolute Gasteiger partial charge is 0.439 e. The molecule has 4 heteroatoms. The van der Waals surface area contributed by atoms with Crippen molar-refractivity contribution < 1.29 is 4.42 Å². The molecule has 2 heterocycles. The average molecular weight is 319 g/mol. The Labute approximate surface area is 142 Å². The summed E-state index contributed by atoms with van der Waals surface area (Å²) in [5, 5.41) is 3.39. The fraction of sp³-hybridized carbons (Fsp3) is 0.250. The monoisotopic (exact) mass is 319 g/mol. The minimum atomic E-state index is 0.694. The van der Waals surface area contributed by atoms with Gasteiger partial charge in [-0.1, -0.05) is 48.5 Å². The third-order valence-electron chi connectivity index (χ3n) is 4.34. The van der Waals surface area contributed by atoms with Gasteiger partial charge in [0, 0.05) is 37.3 Å². The molecule has 24 heavy (non-hydrogen) atoms. The van der Waals surface area contributed by atoms with Gasteiger partial charge in [0.15, 0.2) is 0 Å². The molecule has 0 radical (unpaired) electrons. The third-order valence-corrected chi connectivity index (χ3v) is 4.34. The predicted octanol–water partition coefficient (Wildman–Crippen LogP) is 3.41. The lowest BCUT2D eigenvalue weighted by Gasteiger charge is -2.26. The van der Waals surface area contributed by atoms with E-state index in [4.69, 9.17) is 9.40 Å². The van der Waals surface area contributed by atoms with Crippen LogP contribution in [0.4, 0.5) is 0 Å². The van der Waals surface area contributed by atoms with Crippen molar-refractivity contribution in [1.29, 1.82) is 0 Å². The maximum atomic E-state index is 6.18. The van der Waals surface area contributed by atoms with Gasteiger partial charge in [0.1, 0.15) is 11.5 Å². The summed E-state index contributed by atoms with van der Waals surface area (Å²) in [6, 6.07) is 20.4. The Morgan fingerprint density at radius 2 is 1.50 bits per heavy atom. The van der Waals surface area contributed by atoms with Crippen LogP contribution in [-0.2, 0) is 6.54 Å². The molecule has 0 amide bonds. The van der Waals surface area contributed by atoms with E-state index in [0.717, 1.165) is 55.3 Å². The molecule has 1 aliphatic heterocycles. The van der Waals surface area contributed by atoms with Gasteiger partial charge in [0.2, 0.25) is 5.89 Å². The topological polar surface area (TPSA) is 41.3 Å². The van der Waals surface area contributed by atoms with Gasteiger partial charge in [-0.25, -0.2) is 4.98 Å². The molecule has 0 aliphatic carbocycles. The molecule has 122 valence electrons. The van der Waals surface area contributed by atoms with Crippen LogP contribution in [0.25, 0.3) is 22.7 Å². The van der Waals surface area contributed by atoms with Crippen molar-refractivity contribution in [2.24, 2.45) is 0 Å². The van der Waals surface area contributed by atoms with Gasteiger partial charge >= 0.3 is 0 Å². The van der Waals surface area contributed by atoms with Crippen LogP contribution < -0.4 is 5.32 Å². The number of nitrogens with one attached hydrogen (secondary N) is 1. The zero-order chi connectivity index (χ0) is 16.2. The summed E-state index contributed by atoms with van der Waals surface area (Å²) in [5.74, 6) is 1.64. The molecule has 0 saturated carbocycles. The van der Waals surface area contributed by atoms with Gasteiger partial charge in [0.25, 0.3) is 0 Å². The van der Waals surface area contributed by atoms with E-state index in [2.05, 4.69) is 22.3 Å². The van der Waals surface area contributed by atoms with E-state index in [1.165, 1.54) is 0 Å². The Hall–Kier alpha value is -2.43. The fourth-order valence-electron chi connectivity index (χ4n) is 3.06. The van der Waals surface area contributed by atoms with Crippen molar-refractivity contribution in [3.05, 3.63) is 66.4 Å².